The van der Waals surface area contributed by atoms with Gasteiger partial charge in [0.15, 0.2) is 0 Å². The van der Waals surface area contributed by atoms with Crippen molar-refractivity contribution in [3.05, 3.63) is 35.9 Å². The van der Waals surface area contributed by atoms with E-state index in [1.54, 1.807) is 0 Å². The van der Waals surface area contributed by atoms with Crippen LogP contribution in [0, 0.1) is 0 Å². The molecule has 2 atom stereocenters. The fraction of sp³-hybridized carbons (Fsp3) is 0.562. The maximum absolute atomic E-state index is 11.7. The van der Waals surface area contributed by atoms with Crippen molar-refractivity contribution in [3.63, 3.8) is 0 Å². The Bertz CT molecular complexity index is 381. The number of hydrogen-bond donors (Lipinski definition) is 3. The van der Waals surface area contributed by atoms with Crippen LogP contribution in [-0.2, 0) is 0 Å². The molecule has 20 heavy (non-hydrogen) atoms. The number of aliphatic hydroxyl groups is 1. The Morgan fingerprint density at radius 2 is 1.85 bits per heavy atom. The van der Waals surface area contributed by atoms with Gasteiger partial charge in [-0.3, -0.25) is 0 Å². The molecule has 0 heterocycles. The summed E-state index contributed by atoms with van der Waals surface area (Å²) < 4.78 is 0. The third kappa shape index (κ3) is 6.06. The zero-order valence-electron chi connectivity index (χ0n) is 12.4. The summed E-state index contributed by atoms with van der Waals surface area (Å²) in [5, 5.41) is 15.1. The van der Waals surface area contributed by atoms with E-state index in [0.717, 1.165) is 12.8 Å². The molecule has 2 amide bonds. The SMILES string of the molecule is CCC(O)CCNC(=O)NCC(CC)c1ccccc1. The van der Waals surface area contributed by atoms with Crippen molar-refractivity contribution in [1.29, 1.82) is 0 Å². The van der Waals surface area contributed by atoms with Gasteiger partial charge in [-0.25, -0.2) is 4.79 Å². The Morgan fingerprint density at radius 3 is 2.45 bits per heavy atom. The van der Waals surface area contributed by atoms with Crippen LogP contribution in [0.1, 0.15) is 44.6 Å². The molecule has 0 radical (unpaired) electrons. The minimum atomic E-state index is -0.331. The number of urea groups is 1. The maximum Gasteiger partial charge on any atom is 0.314 e. The molecule has 2 unspecified atom stereocenters. The topological polar surface area (TPSA) is 61.4 Å². The van der Waals surface area contributed by atoms with E-state index in [9.17, 15) is 9.90 Å². The summed E-state index contributed by atoms with van der Waals surface area (Å²) in [6, 6.07) is 10.0. The van der Waals surface area contributed by atoms with Crippen LogP contribution in [0.25, 0.3) is 0 Å². The van der Waals surface area contributed by atoms with Gasteiger partial charge in [0.05, 0.1) is 6.10 Å². The highest BCUT2D eigenvalue weighted by molar-refractivity contribution is 5.73. The van der Waals surface area contributed by atoms with Crippen molar-refractivity contribution in [2.45, 2.75) is 45.1 Å². The van der Waals surface area contributed by atoms with Gasteiger partial charge in [-0.1, -0.05) is 44.2 Å². The molecule has 112 valence electrons. The molecule has 4 nitrogen and oxygen atoms in total. The predicted octanol–water partition coefficient (Wildman–Crippen LogP) is 2.64. The second-order valence-electron chi connectivity index (χ2n) is 5.00. The summed E-state index contributed by atoms with van der Waals surface area (Å²) in [6.45, 7) is 5.18. The van der Waals surface area contributed by atoms with Gasteiger partial charge in [-0.15, -0.1) is 0 Å². The van der Waals surface area contributed by atoms with Gasteiger partial charge in [0.2, 0.25) is 0 Å². The number of carbonyl (C=O) groups is 1. The molecule has 0 fully saturated rings. The second-order valence-corrected chi connectivity index (χ2v) is 5.00. The lowest BCUT2D eigenvalue weighted by atomic mass is 9.97. The Labute approximate surface area is 121 Å². The molecule has 0 aliphatic heterocycles. The van der Waals surface area contributed by atoms with Crippen molar-refractivity contribution >= 4 is 6.03 Å². The van der Waals surface area contributed by atoms with E-state index in [2.05, 4.69) is 29.7 Å². The smallest absolute Gasteiger partial charge is 0.314 e. The number of nitrogens with one attached hydrogen (secondary N) is 2. The largest absolute Gasteiger partial charge is 0.393 e. The number of benzene rings is 1. The maximum atomic E-state index is 11.7. The summed E-state index contributed by atoms with van der Waals surface area (Å²) in [6.07, 6.45) is 1.97. The average Bonchev–Trinajstić information content (AvgIpc) is 2.48. The molecule has 0 aliphatic rings. The minimum Gasteiger partial charge on any atom is -0.393 e. The lowest BCUT2D eigenvalue weighted by Gasteiger charge is -2.17. The Morgan fingerprint density at radius 1 is 1.15 bits per heavy atom. The third-order valence-electron chi connectivity index (χ3n) is 3.51. The van der Waals surface area contributed by atoms with Crippen molar-refractivity contribution in [2.24, 2.45) is 0 Å². The van der Waals surface area contributed by atoms with Crippen LogP contribution in [-0.4, -0.2) is 30.3 Å². The number of amides is 2. The van der Waals surface area contributed by atoms with E-state index in [0.29, 0.717) is 25.4 Å². The summed E-state index contributed by atoms with van der Waals surface area (Å²) >= 11 is 0. The normalized spacial score (nSPS) is 13.6. The molecular formula is C16H26N2O2. The van der Waals surface area contributed by atoms with Crippen LogP contribution in [0.4, 0.5) is 4.79 Å². The number of hydrogen-bond acceptors (Lipinski definition) is 2. The van der Waals surface area contributed by atoms with Crippen LogP contribution in [0.3, 0.4) is 0 Å². The molecule has 1 aromatic carbocycles. The van der Waals surface area contributed by atoms with E-state index in [4.69, 9.17) is 0 Å². The Hall–Kier alpha value is -1.55. The van der Waals surface area contributed by atoms with Gasteiger partial charge in [0.25, 0.3) is 0 Å². The first kappa shape index (κ1) is 16.5. The average molecular weight is 278 g/mol. The van der Waals surface area contributed by atoms with E-state index >= 15 is 0 Å². The lowest BCUT2D eigenvalue weighted by molar-refractivity contribution is 0.160. The second kappa shape index (κ2) is 9.37. The first-order valence-corrected chi connectivity index (χ1v) is 7.42. The number of carbonyl (C=O) groups excluding carboxylic acids is 1. The van der Waals surface area contributed by atoms with E-state index in [-0.39, 0.29) is 12.1 Å². The molecule has 0 saturated carbocycles. The van der Waals surface area contributed by atoms with Gasteiger partial charge in [-0.2, -0.15) is 0 Å². The zero-order valence-corrected chi connectivity index (χ0v) is 12.4. The standard InChI is InChI=1S/C16H26N2O2/c1-3-13(14-8-6-5-7-9-14)12-18-16(20)17-11-10-15(19)4-2/h5-9,13,15,19H,3-4,10-12H2,1-2H3,(H2,17,18,20). The van der Waals surface area contributed by atoms with Crippen LogP contribution in [0.15, 0.2) is 30.3 Å². The fourth-order valence-electron chi connectivity index (χ4n) is 2.06. The summed E-state index contributed by atoms with van der Waals surface area (Å²) in [5.74, 6) is 0.336. The molecule has 0 saturated heterocycles. The summed E-state index contributed by atoms with van der Waals surface area (Å²) in [5.41, 5.74) is 1.25. The molecule has 0 aliphatic carbocycles. The predicted molar refractivity (Wildman–Crippen MR) is 81.8 cm³/mol. The highest BCUT2D eigenvalue weighted by Crippen LogP contribution is 2.17. The minimum absolute atomic E-state index is 0.164. The van der Waals surface area contributed by atoms with E-state index in [1.807, 2.05) is 25.1 Å². The molecule has 4 heteroatoms. The van der Waals surface area contributed by atoms with Crippen molar-refractivity contribution in [2.75, 3.05) is 13.1 Å². The van der Waals surface area contributed by atoms with Crippen molar-refractivity contribution in [1.82, 2.24) is 10.6 Å². The van der Waals surface area contributed by atoms with Gasteiger partial charge in [-0.05, 0) is 24.8 Å². The number of rotatable bonds is 8. The van der Waals surface area contributed by atoms with Gasteiger partial charge in [0.1, 0.15) is 0 Å². The quantitative estimate of drug-likeness (QED) is 0.684. The van der Waals surface area contributed by atoms with Crippen LogP contribution in [0.5, 0.6) is 0 Å². The first-order valence-electron chi connectivity index (χ1n) is 7.42. The summed E-state index contributed by atoms with van der Waals surface area (Å²) in [4.78, 5) is 11.7. The lowest BCUT2D eigenvalue weighted by Crippen LogP contribution is -2.38. The van der Waals surface area contributed by atoms with Crippen molar-refractivity contribution < 1.29 is 9.90 Å². The van der Waals surface area contributed by atoms with Gasteiger partial charge < -0.3 is 15.7 Å². The van der Waals surface area contributed by atoms with Gasteiger partial charge >= 0.3 is 6.03 Å². The fourth-order valence-corrected chi connectivity index (χ4v) is 2.06. The Balaban J connectivity index is 2.28. The van der Waals surface area contributed by atoms with Crippen molar-refractivity contribution in [3.8, 4) is 0 Å². The first-order chi connectivity index (χ1) is 9.67. The molecule has 0 spiro atoms. The molecular weight excluding hydrogens is 252 g/mol. The molecule has 0 bridgehead atoms. The highest BCUT2D eigenvalue weighted by atomic mass is 16.3. The molecule has 1 aromatic rings. The third-order valence-corrected chi connectivity index (χ3v) is 3.51. The van der Waals surface area contributed by atoms with Gasteiger partial charge in [0, 0.05) is 19.0 Å². The monoisotopic (exact) mass is 278 g/mol. The van der Waals surface area contributed by atoms with E-state index < -0.39 is 0 Å². The van der Waals surface area contributed by atoms with Crippen LogP contribution in [0.2, 0.25) is 0 Å². The van der Waals surface area contributed by atoms with Crippen LogP contribution >= 0.6 is 0 Å². The molecule has 0 aromatic heterocycles. The summed E-state index contributed by atoms with van der Waals surface area (Å²) in [7, 11) is 0. The van der Waals surface area contributed by atoms with Crippen LogP contribution < -0.4 is 10.6 Å². The van der Waals surface area contributed by atoms with E-state index in [1.165, 1.54) is 5.56 Å². The molecule has 3 N–H and O–H groups in total. The molecule has 1 rings (SSSR count). The highest BCUT2D eigenvalue weighted by Gasteiger charge is 2.10. The Kier molecular flexibility index (Phi) is 7.73. The zero-order chi connectivity index (χ0) is 14.8. The number of aliphatic hydroxyl groups excluding tert-OH is 1.